The lowest BCUT2D eigenvalue weighted by Crippen LogP contribution is -2.29. The first-order valence-electron chi connectivity index (χ1n) is 7.70. The molecule has 0 radical (unpaired) electrons. The Balaban J connectivity index is 1.87. The number of amides is 1. The highest BCUT2D eigenvalue weighted by molar-refractivity contribution is 5.96. The van der Waals surface area contributed by atoms with Gasteiger partial charge in [0.15, 0.2) is 11.9 Å². The van der Waals surface area contributed by atoms with E-state index in [0.29, 0.717) is 16.9 Å². The Morgan fingerprint density at radius 2 is 1.92 bits per heavy atom. The van der Waals surface area contributed by atoms with E-state index in [0.717, 1.165) is 0 Å². The van der Waals surface area contributed by atoms with Crippen LogP contribution in [0.5, 0.6) is 0 Å². The molecular weight excluding hydrogens is 340 g/mol. The first-order valence-corrected chi connectivity index (χ1v) is 7.70. The van der Waals surface area contributed by atoms with Crippen LogP contribution in [0.3, 0.4) is 0 Å². The molecule has 2 aromatic rings. The Bertz CT molecular complexity index is 822. The Labute approximate surface area is 149 Å². The molecule has 0 unspecified atom stereocenters. The van der Waals surface area contributed by atoms with Crippen LogP contribution >= 0.6 is 0 Å². The van der Waals surface area contributed by atoms with Crippen LogP contribution in [0.2, 0.25) is 0 Å². The molecule has 1 amide bonds. The molecule has 136 valence electrons. The smallest absolute Gasteiger partial charge is 0.337 e. The number of hydrogen-bond donors (Lipinski definition) is 1. The molecule has 1 N–H and O–H groups in total. The van der Waals surface area contributed by atoms with E-state index < -0.39 is 23.9 Å². The van der Waals surface area contributed by atoms with Gasteiger partial charge in [0.25, 0.3) is 5.91 Å². The zero-order valence-electron chi connectivity index (χ0n) is 14.5. The number of methoxy groups -OCH3 is 1. The van der Waals surface area contributed by atoms with Crippen molar-refractivity contribution >= 4 is 29.7 Å². The van der Waals surface area contributed by atoms with Crippen molar-refractivity contribution < 1.29 is 28.4 Å². The Hall–Kier alpha value is -3.42. The van der Waals surface area contributed by atoms with Gasteiger partial charge in [-0.3, -0.25) is 4.79 Å². The number of carbonyl (C=O) groups is 3. The monoisotopic (exact) mass is 358 g/mol. The molecule has 2 rings (SSSR count). The third kappa shape index (κ3) is 5.30. The largest absolute Gasteiger partial charge is 0.465 e. The molecule has 0 aliphatic rings. The van der Waals surface area contributed by atoms with Gasteiger partial charge in [-0.25, -0.2) is 9.59 Å². The lowest BCUT2D eigenvalue weighted by Gasteiger charge is -2.10. The summed E-state index contributed by atoms with van der Waals surface area (Å²) >= 11 is 0. The second-order valence-corrected chi connectivity index (χ2v) is 5.34. The summed E-state index contributed by atoms with van der Waals surface area (Å²) in [4.78, 5) is 35.1. The molecule has 1 heterocycles. The van der Waals surface area contributed by atoms with Crippen molar-refractivity contribution in [2.24, 2.45) is 0 Å². The molecule has 1 aromatic heterocycles. The highest BCUT2D eigenvalue weighted by atomic mass is 16.5. The van der Waals surface area contributed by atoms with E-state index >= 15 is 0 Å². The lowest BCUT2D eigenvalue weighted by molar-refractivity contribution is -0.148. The van der Waals surface area contributed by atoms with E-state index in [1.165, 1.54) is 26.2 Å². The summed E-state index contributed by atoms with van der Waals surface area (Å²) in [7, 11) is 1.30. The topological polar surface area (TPSA) is 108 Å². The van der Waals surface area contributed by atoms with E-state index in [1.807, 2.05) is 0 Å². The van der Waals surface area contributed by atoms with Crippen LogP contribution in [0.15, 0.2) is 40.9 Å². The molecule has 0 aliphatic carbocycles. The second-order valence-electron chi connectivity index (χ2n) is 5.34. The van der Waals surface area contributed by atoms with Gasteiger partial charge in [-0.2, -0.15) is 0 Å². The summed E-state index contributed by atoms with van der Waals surface area (Å²) < 4.78 is 14.5. The minimum absolute atomic E-state index is 0.247. The maximum Gasteiger partial charge on any atom is 0.337 e. The highest BCUT2D eigenvalue weighted by Crippen LogP contribution is 2.09. The third-order valence-electron chi connectivity index (χ3n) is 3.29. The van der Waals surface area contributed by atoms with Gasteiger partial charge in [0.1, 0.15) is 5.76 Å². The maximum atomic E-state index is 11.9. The number of aryl methyl sites for hydroxylation is 1. The van der Waals surface area contributed by atoms with Crippen LogP contribution in [0.1, 0.15) is 28.6 Å². The van der Waals surface area contributed by atoms with Crippen LogP contribution < -0.4 is 5.32 Å². The molecule has 0 saturated carbocycles. The Kier molecular flexibility index (Phi) is 6.26. The van der Waals surface area contributed by atoms with Crippen molar-refractivity contribution in [3.63, 3.8) is 0 Å². The summed E-state index contributed by atoms with van der Waals surface area (Å²) in [5.74, 6) is -0.853. The van der Waals surface area contributed by atoms with Gasteiger partial charge in [-0.05, 0) is 37.6 Å². The molecule has 1 aromatic carbocycles. The SMILES string of the molecule is COC(=O)c1ccc(/C=C/C(=O)O[C@@H](C)C(=O)Nc2cc(C)on2)cc1. The summed E-state index contributed by atoms with van der Waals surface area (Å²) in [6.45, 7) is 3.13. The average molecular weight is 358 g/mol. The number of nitrogens with one attached hydrogen (secondary N) is 1. The number of ether oxygens (including phenoxy) is 2. The fourth-order valence-corrected chi connectivity index (χ4v) is 1.93. The van der Waals surface area contributed by atoms with Crippen molar-refractivity contribution in [3.8, 4) is 0 Å². The normalized spacial score (nSPS) is 11.8. The molecule has 26 heavy (non-hydrogen) atoms. The van der Waals surface area contributed by atoms with Gasteiger partial charge in [-0.1, -0.05) is 17.3 Å². The van der Waals surface area contributed by atoms with Crippen molar-refractivity contribution in [2.75, 3.05) is 12.4 Å². The third-order valence-corrected chi connectivity index (χ3v) is 3.29. The van der Waals surface area contributed by atoms with Crippen molar-refractivity contribution in [1.82, 2.24) is 5.16 Å². The van der Waals surface area contributed by atoms with Gasteiger partial charge >= 0.3 is 11.9 Å². The fourth-order valence-electron chi connectivity index (χ4n) is 1.93. The van der Waals surface area contributed by atoms with Gasteiger partial charge in [0.05, 0.1) is 12.7 Å². The fraction of sp³-hybridized carbons (Fsp3) is 0.222. The van der Waals surface area contributed by atoms with Crippen LogP contribution in [0, 0.1) is 6.92 Å². The van der Waals surface area contributed by atoms with E-state index in [9.17, 15) is 14.4 Å². The van der Waals surface area contributed by atoms with E-state index in [-0.39, 0.29) is 5.82 Å². The highest BCUT2D eigenvalue weighted by Gasteiger charge is 2.18. The predicted molar refractivity (Wildman–Crippen MR) is 92.2 cm³/mol. The molecule has 1 atom stereocenters. The zero-order valence-corrected chi connectivity index (χ0v) is 14.5. The van der Waals surface area contributed by atoms with Gasteiger partial charge in [0, 0.05) is 12.1 Å². The molecule has 0 spiro atoms. The van der Waals surface area contributed by atoms with Gasteiger partial charge < -0.3 is 19.3 Å². The summed E-state index contributed by atoms with van der Waals surface area (Å²) in [6.07, 6.45) is 1.69. The van der Waals surface area contributed by atoms with Crippen molar-refractivity contribution in [3.05, 3.63) is 53.3 Å². The predicted octanol–water partition coefficient (Wildman–Crippen LogP) is 2.35. The van der Waals surface area contributed by atoms with Crippen LogP contribution in [0.25, 0.3) is 6.08 Å². The number of nitrogens with zero attached hydrogens (tertiary/aromatic N) is 1. The first kappa shape index (κ1) is 18.9. The second kappa shape index (κ2) is 8.61. The number of carbonyl (C=O) groups excluding carboxylic acids is 3. The standard InChI is InChI=1S/C18H18N2O6/c1-11-10-15(20-26-11)19-17(22)12(2)25-16(21)9-6-13-4-7-14(8-5-13)18(23)24-3/h4-10,12H,1-3H3,(H,19,20,22)/b9-6+/t12-/m0/s1. The molecule has 8 heteroatoms. The number of esters is 2. The van der Waals surface area contributed by atoms with Crippen LogP contribution in [0.4, 0.5) is 5.82 Å². The molecule has 8 nitrogen and oxygen atoms in total. The molecule has 0 aliphatic heterocycles. The number of anilines is 1. The van der Waals surface area contributed by atoms with Gasteiger partial charge in [-0.15, -0.1) is 0 Å². The minimum atomic E-state index is -1.01. The Morgan fingerprint density at radius 3 is 2.50 bits per heavy atom. The molecule has 0 bridgehead atoms. The molecule has 0 fully saturated rings. The molecule has 0 saturated heterocycles. The number of benzene rings is 1. The van der Waals surface area contributed by atoms with E-state index in [1.54, 1.807) is 37.3 Å². The minimum Gasteiger partial charge on any atom is -0.465 e. The Morgan fingerprint density at radius 1 is 1.23 bits per heavy atom. The van der Waals surface area contributed by atoms with Gasteiger partial charge in [0.2, 0.25) is 0 Å². The van der Waals surface area contributed by atoms with Crippen molar-refractivity contribution in [1.29, 1.82) is 0 Å². The quantitative estimate of drug-likeness (QED) is 0.624. The number of aromatic nitrogens is 1. The van der Waals surface area contributed by atoms with Crippen molar-refractivity contribution in [2.45, 2.75) is 20.0 Å². The first-order chi connectivity index (χ1) is 12.4. The van der Waals surface area contributed by atoms with E-state index in [2.05, 4.69) is 15.2 Å². The molecular formula is C18H18N2O6. The summed E-state index contributed by atoms with van der Waals surface area (Å²) in [6, 6.07) is 8.00. The van der Waals surface area contributed by atoms with Crippen LogP contribution in [-0.4, -0.2) is 36.2 Å². The average Bonchev–Trinajstić information content (AvgIpc) is 3.04. The lowest BCUT2D eigenvalue weighted by atomic mass is 10.1. The summed E-state index contributed by atoms with van der Waals surface area (Å²) in [5.41, 5.74) is 1.09. The maximum absolute atomic E-state index is 11.9. The summed E-state index contributed by atoms with van der Waals surface area (Å²) in [5, 5.41) is 6.10. The number of hydrogen-bond acceptors (Lipinski definition) is 7. The van der Waals surface area contributed by atoms with Crippen LogP contribution in [-0.2, 0) is 19.1 Å². The van der Waals surface area contributed by atoms with E-state index in [4.69, 9.17) is 9.26 Å². The zero-order chi connectivity index (χ0) is 19.1. The number of rotatable bonds is 6.